The van der Waals surface area contributed by atoms with Gasteiger partial charge in [-0.15, -0.1) is 11.3 Å². The molecule has 3 rings (SSSR count). The van der Waals surface area contributed by atoms with Crippen molar-refractivity contribution in [1.82, 2.24) is 4.90 Å². The lowest BCUT2D eigenvalue weighted by Crippen LogP contribution is -2.30. The molecule has 0 fully saturated rings. The molecule has 0 radical (unpaired) electrons. The van der Waals surface area contributed by atoms with Crippen molar-refractivity contribution in [2.45, 2.75) is 6.54 Å². The third kappa shape index (κ3) is 4.23. The van der Waals surface area contributed by atoms with Crippen molar-refractivity contribution in [2.24, 2.45) is 5.73 Å². The normalized spacial score (nSPS) is 11.0. The van der Waals surface area contributed by atoms with Gasteiger partial charge in [-0.1, -0.05) is 36.4 Å². The molecule has 128 valence electrons. The van der Waals surface area contributed by atoms with Crippen molar-refractivity contribution in [3.05, 3.63) is 65.0 Å². The number of hydrogen-bond donors (Lipinski definition) is 2. The summed E-state index contributed by atoms with van der Waals surface area (Å²) in [5.74, 6) is -0.714. The minimum absolute atomic E-state index is 0.173. The van der Waals surface area contributed by atoms with Gasteiger partial charge in [-0.25, -0.2) is 0 Å². The van der Waals surface area contributed by atoms with Gasteiger partial charge >= 0.3 is 0 Å². The second kappa shape index (κ2) is 7.46. The fourth-order valence-corrected chi connectivity index (χ4v) is 3.52. The highest BCUT2D eigenvalue weighted by atomic mass is 32.1. The summed E-state index contributed by atoms with van der Waals surface area (Å²) in [6.07, 6.45) is 0. The summed E-state index contributed by atoms with van der Waals surface area (Å²) >= 11 is 1.29. The fourth-order valence-electron chi connectivity index (χ4n) is 2.72. The van der Waals surface area contributed by atoms with Crippen LogP contribution in [0.2, 0.25) is 0 Å². The quantitative estimate of drug-likeness (QED) is 0.715. The summed E-state index contributed by atoms with van der Waals surface area (Å²) in [5, 5.41) is 7.36. The predicted molar refractivity (Wildman–Crippen MR) is 102 cm³/mol. The van der Waals surface area contributed by atoms with Crippen LogP contribution >= 0.6 is 11.3 Å². The number of carbonyl (C=O) groups excluding carboxylic acids is 2. The Morgan fingerprint density at radius 2 is 1.88 bits per heavy atom. The largest absolute Gasteiger partial charge is 0.366 e. The molecule has 0 saturated heterocycles. The highest BCUT2D eigenvalue weighted by Gasteiger charge is 2.14. The third-order valence-corrected chi connectivity index (χ3v) is 4.69. The molecule has 0 bridgehead atoms. The van der Waals surface area contributed by atoms with Gasteiger partial charge in [0.2, 0.25) is 5.91 Å². The average molecular weight is 353 g/mol. The van der Waals surface area contributed by atoms with E-state index >= 15 is 0 Å². The Labute approximate surface area is 150 Å². The lowest BCUT2D eigenvalue weighted by molar-refractivity contribution is -0.117. The molecule has 1 aromatic heterocycles. The summed E-state index contributed by atoms with van der Waals surface area (Å²) < 4.78 is 0. The zero-order valence-electron chi connectivity index (χ0n) is 13.9. The molecule has 0 spiro atoms. The Balaban J connectivity index is 1.61. The van der Waals surface area contributed by atoms with Gasteiger partial charge in [-0.05, 0) is 40.9 Å². The number of benzene rings is 2. The van der Waals surface area contributed by atoms with Crippen molar-refractivity contribution in [2.75, 3.05) is 18.9 Å². The SMILES string of the molecule is CN(CC(=O)Nc1sccc1C(N)=O)Cc1ccc2ccccc2c1. The number of amides is 2. The van der Waals surface area contributed by atoms with Crippen molar-refractivity contribution in [1.29, 1.82) is 0 Å². The van der Waals surface area contributed by atoms with E-state index in [9.17, 15) is 9.59 Å². The molecule has 0 saturated carbocycles. The number of anilines is 1. The predicted octanol–water partition coefficient (Wildman–Crippen LogP) is 3.07. The topological polar surface area (TPSA) is 75.4 Å². The molecule has 0 aliphatic carbocycles. The van der Waals surface area contributed by atoms with Crippen molar-refractivity contribution < 1.29 is 9.59 Å². The number of nitrogens with one attached hydrogen (secondary N) is 1. The second-order valence-electron chi connectivity index (χ2n) is 5.93. The Morgan fingerprint density at radius 3 is 2.64 bits per heavy atom. The number of fused-ring (bicyclic) bond motifs is 1. The molecule has 0 unspecified atom stereocenters. The molecule has 5 nitrogen and oxygen atoms in total. The second-order valence-corrected chi connectivity index (χ2v) is 6.85. The first-order chi connectivity index (χ1) is 12.0. The zero-order chi connectivity index (χ0) is 17.8. The minimum atomic E-state index is -0.541. The molecule has 0 atom stereocenters. The van der Waals surface area contributed by atoms with Gasteiger partial charge in [-0.2, -0.15) is 0 Å². The van der Waals surface area contributed by atoms with Crippen molar-refractivity contribution in [3.8, 4) is 0 Å². The maximum Gasteiger partial charge on any atom is 0.251 e. The summed E-state index contributed by atoms with van der Waals surface area (Å²) in [6, 6.07) is 16.1. The Bertz CT molecular complexity index is 920. The van der Waals surface area contributed by atoms with E-state index < -0.39 is 5.91 Å². The smallest absolute Gasteiger partial charge is 0.251 e. The Kier molecular flexibility index (Phi) is 5.11. The molecule has 0 aliphatic rings. The van der Waals surface area contributed by atoms with E-state index in [2.05, 4.69) is 35.6 Å². The minimum Gasteiger partial charge on any atom is -0.366 e. The molecule has 0 aliphatic heterocycles. The Hall–Kier alpha value is -2.70. The number of carbonyl (C=O) groups is 2. The van der Waals surface area contributed by atoms with Gasteiger partial charge < -0.3 is 11.1 Å². The Morgan fingerprint density at radius 1 is 1.12 bits per heavy atom. The van der Waals surface area contributed by atoms with Gasteiger partial charge in [0.25, 0.3) is 5.91 Å². The van der Waals surface area contributed by atoms with Gasteiger partial charge in [0.05, 0.1) is 12.1 Å². The molecule has 3 aromatic rings. The van der Waals surface area contributed by atoms with Crippen LogP contribution in [0.1, 0.15) is 15.9 Å². The van der Waals surface area contributed by atoms with E-state index in [1.54, 1.807) is 11.4 Å². The molecule has 3 N–H and O–H groups in total. The van der Waals surface area contributed by atoms with Crippen LogP contribution in [0.3, 0.4) is 0 Å². The standard InChI is InChI=1S/C19H19N3O2S/c1-22(11-13-6-7-14-4-2-3-5-15(14)10-13)12-17(23)21-19-16(18(20)24)8-9-25-19/h2-10H,11-12H2,1H3,(H2,20,24)(H,21,23). The highest BCUT2D eigenvalue weighted by molar-refractivity contribution is 7.14. The number of hydrogen-bond acceptors (Lipinski definition) is 4. The fraction of sp³-hybridized carbons (Fsp3) is 0.158. The van der Waals surface area contributed by atoms with E-state index in [1.165, 1.54) is 22.1 Å². The van der Waals surface area contributed by atoms with Gasteiger partial charge in [-0.3, -0.25) is 14.5 Å². The van der Waals surface area contributed by atoms with E-state index in [0.717, 1.165) is 5.56 Å². The van der Waals surface area contributed by atoms with E-state index in [4.69, 9.17) is 5.73 Å². The lowest BCUT2D eigenvalue weighted by atomic mass is 10.1. The van der Waals surface area contributed by atoms with Crippen LogP contribution in [0.15, 0.2) is 53.9 Å². The zero-order valence-corrected chi connectivity index (χ0v) is 14.7. The third-order valence-electron chi connectivity index (χ3n) is 3.86. The van der Waals surface area contributed by atoms with Crippen LogP contribution in [0.25, 0.3) is 10.8 Å². The maximum absolute atomic E-state index is 12.2. The monoisotopic (exact) mass is 353 g/mol. The first-order valence-corrected chi connectivity index (χ1v) is 8.74. The van der Waals surface area contributed by atoms with Crippen LogP contribution < -0.4 is 11.1 Å². The number of primary amides is 1. The molecule has 1 heterocycles. The van der Waals surface area contributed by atoms with E-state index in [-0.39, 0.29) is 12.5 Å². The molecule has 2 amide bonds. The van der Waals surface area contributed by atoms with Crippen LogP contribution in [0.4, 0.5) is 5.00 Å². The molecule has 2 aromatic carbocycles. The van der Waals surface area contributed by atoms with Crippen molar-refractivity contribution >= 4 is 38.9 Å². The van der Waals surface area contributed by atoms with E-state index in [1.807, 2.05) is 24.1 Å². The van der Waals surface area contributed by atoms with Crippen LogP contribution in [0, 0.1) is 0 Å². The van der Waals surface area contributed by atoms with Gasteiger partial charge in [0, 0.05) is 6.54 Å². The summed E-state index contributed by atoms with van der Waals surface area (Å²) in [5.41, 5.74) is 6.77. The average Bonchev–Trinajstić information content (AvgIpc) is 3.02. The number of likely N-dealkylation sites (N-methyl/N-ethyl adjacent to an activating group) is 1. The van der Waals surface area contributed by atoms with Crippen LogP contribution in [-0.2, 0) is 11.3 Å². The highest BCUT2D eigenvalue weighted by Crippen LogP contribution is 2.22. The molecule has 6 heteroatoms. The maximum atomic E-state index is 12.2. The van der Waals surface area contributed by atoms with Gasteiger partial charge in [0.1, 0.15) is 5.00 Å². The summed E-state index contributed by atoms with van der Waals surface area (Å²) in [7, 11) is 1.89. The first kappa shape index (κ1) is 17.1. The number of rotatable bonds is 6. The number of nitrogens with zero attached hydrogens (tertiary/aromatic N) is 1. The van der Waals surface area contributed by atoms with Crippen LogP contribution in [0.5, 0.6) is 0 Å². The molecular weight excluding hydrogens is 334 g/mol. The first-order valence-electron chi connectivity index (χ1n) is 7.86. The van der Waals surface area contributed by atoms with Gasteiger partial charge in [0.15, 0.2) is 0 Å². The van der Waals surface area contributed by atoms with Crippen molar-refractivity contribution in [3.63, 3.8) is 0 Å². The summed E-state index contributed by atoms with van der Waals surface area (Å²) in [4.78, 5) is 25.4. The number of nitrogens with two attached hydrogens (primary N) is 1. The number of thiophene rings is 1. The molecular formula is C19H19N3O2S. The van der Waals surface area contributed by atoms with Crippen LogP contribution in [-0.4, -0.2) is 30.3 Å². The summed E-state index contributed by atoms with van der Waals surface area (Å²) in [6.45, 7) is 0.883. The molecule has 25 heavy (non-hydrogen) atoms. The lowest BCUT2D eigenvalue weighted by Gasteiger charge is -2.16. The van der Waals surface area contributed by atoms with E-state index in [0.29, 0.717) is 17.1 Å².